The lowest BCUT2D eigenvalue weighted by Gasteiger charge is -2.10. The molecule has 0 fully saturated rings. The van der Waals surface area contributed by atoms with Gasteiger partial charge in [0, 0.05) is 7.05 Å². The Bertz CT molecular complexity index is 717. The Morgan fingerprint density at radius 1 is 1.16 bits per heavy atom. The molecule has 0 aliphatic rings. The van der Waals surface area contributed by atoms with Crippen LogP contribution < -0.4 is 4.72 Å². The van der Waals surface area contributed by atoms with E-state index in [-0.39, 0.29) is 4.90 Å². The van der Waals surface area contributed by atoms with Crippen molar-refractivity contribution in [2.45, 2.75) is 25.7 Å². The highest BCUT2D eigenvalue weighted by Crippen LogP contribution is 2.23. The van der Waals surface area contributed by atoms with Gasteiger partial charge in [0.2, 0.25) is 0 Å². The molecule has 0 atom stereocenters. The van der Waals surface area contributed by atoms with Crippen LogP contribution in [0.5, 0.6) is 0 Å². The molecular weight excluding hydrogens is 262 g/mol. The largest absolute Gasteiger partial charge is 0.276 e. The van der Waals surface area contributed by atoms with Crippen LogP contribution in [-0.4, -0.2) is 18.2 Å². The Balaban J connectivity index is 2.46. The molecule has 0 bridgehead atoms. The van der Waals surface area contributed by atoms with E-state index in [0.717, 1.165) is 5.69 Å². The molecule has 2 aromatic rings. The molecule has 0 aliphatic carbocycles. The van der Waals surface area contributed by atoms with Crippen molar-refractivity contribution in [3.05, 3.63) is 41.2 Å². The summed E-state index contributed by atoms with van der Waals surface area (Å²) in [4.78, 5) is 0.289. The molecule has 0 amide bonds. The molecule has 5 nitrogen and oxygen atoms in total. The van der Waals surface area contributed by atoms with Gasteiger partial charge in [-0.1, -0.05) is 18.2 Å². The van der Waals surface area contributed by atoms with Crippen LogP contribution in [-0.2, 0) is 17.1 Å². The number of rotatable bonds is 3. The quantitative estimate of drug-likeness (QED) is 0.936. The molecule has 1 aromatic carbocycles. The summed E-state index contributed by atoms with van der Waals surface area (Å²) in [6, 6.07) is 6.90. The number of nitrogens with one attached hydrogen (secondary N) is 1. The Kier molecular flexibility index (Phi) is 3.36. The minimum absolute atomic E-state index is 0.289. The minimum Gasteiger partial charge on any atom is -0.276 e. The summed E-state index contributed by atoms with van der Waals surface area (Å²) in [7, 11) is -1.79. The topological polar surface area (TPSA) is 64.0 Å². The molecule has 0 unspecified atom stereocenters. The highest BCUT2D eigenvalue weighted by Gasteiger charge is 2.20. The number of nitrogens with zero attached hydrogens (tertiary/aromatic N) is 2. The molecule has 0 saturated carbocycles. The normalized spacial score (nSPS) is 11.6. The van der Waals surface area contributed by atoms with Crippen LogP contribution in [0.4, 0.5) is 5.69 Å². The van der Waals surface area contributed by atoms with Crippen molar-refractivity contribution in [3.8, 4) is 0 Å². The number of anilines is 1. The Hall–Kier alpha value is -1.82. The summed E-state index contributed by atoms with van der Waals surface area (Å²) >= 11 is 0. The average molecular weight is 279 g/mol. The molecule has 0 aliphatic heterocycles. The Morgan fingerprint density at radius 2 is 1.79 bits per heavy atom. The number of benzene rings is 1. The standard InChI is InChI=1S/C13H17N3O2S/c1-9-7-5-6-8-12(9)19(17,18)15-13-10(2)14-16(4)11(13)3/h5-8,15H,1-4H3. The first-order chi connectivity index (χ1) is 8.83. The minimum atomic E-state index is -3.58. The highest BCUT2D eigenvalue weighted by atomic mass is 32.2. The lowest BCUT2D eigenvalue weighted by Crippen LogP contribution is -2.15. The van der Waals surface area contributed by atoms with Crippen molar-refractivity contribution >= 4 is 15.7 Å². The van der Waals surface area contributed by atoms with Crippen molar-refractivity contribution in [3.63, 3.8) is 0 Å². The predicted octanol–water partition coefficient (Wildman–Crippen LogP) is 2.15. The first-order valence-electron chi connectivity index (χ1n) is 5.91. The summed E-state index contributed by atoms with van der Waals surface area (Å²) in [5.41, 5.74) is 2.71. The van der Waals surface area contributed by atoms with E-state index >= 15 is 0 Å². The summed E-state index contributed by atoms with van der Waals surface area (Å²) in [6.45, 7) is 5.38. The molecule has 2 rings (SSSR count). The van der Waals surface area contributed by atoms with Gasteiger partial charge in [-0.25, -0.2) is 8.42 Å². The van der Waals surface area contributed by atoms with Gasteiger partial charge in [-0.05, 0) is 32.4 Å². The fourth-order valence-electron chi connectivity index (χ4n) is 1.97. The molecule has 0 radical (unpaired) electrons. The zero-order valence-electron chi connectivity index (χ0n) is 11.4. The smallest absolute Gasteiger partial charge is 0.262 e. The number of hydrogen-bond acceptors (Lipinski definition) is 3. The van der Waals surface area contributed by atoms with Gasteiger partial charge >= 0.3 is 0 Å². The summed E-state index contributed by atoms with van der Waals surface area (Å²) < 4.78 is 29.1. The van der Waals surface area contributed by atoms with Gasteiger partial charge in [-0.3, -0.25) is 9.40 Å². The van der Waals surface area contributed by atoms with Crippen LogP contribution in [0.1, 0.15) is 17.0 Å². The molecule has 102 valence electrons. The third kappa shape index (κ3) is 2.49. The van der Waals surface area contributed by atoms with E-state index in [1.807, 2.05) is 13.0 Å². The third-order valence-corrected chi connectivity index (χ3v) is 4.64. The van der Waals surface area contributed by atoms with Gasteiger partial charge in [0.25, 0.3) is 10.0 Å². The van der Waals surface area contributed by atoms with Gasteiger partial charge in [0.1, 0.15) is 0 Å². The second-order valence-electron chi connectivity index (χ2n) is 4.54. The van der Waals surface area contributed by atoms with E-state index in [1.54, 1.807) is 43.8 Å². The van der Waals surface area contributed by atoms with E-state index in [0.29, 0.717) is 16.9 Å². The predicted molar refractivity (Wildman–Crippen MR) is 74.7 cm³/mol. The fourth-order valence-corrected chi connectivity index (χ4v) is 3.39. The van der Waals surface area contributed by atoms with Crippen molar-refractivity contribution in [1.29, 1.82) is 0 Å². The van der Waals surface area contributed by atoms with Crippen molar-refractivity contribution < 1.29 is 8.42 Å². The van der Waals surface area contributed by atoms with E-state index in [9.17, 15) is 8.42 Å². The third-order valence-electron chi connectivity index (χ3n) is 3.13. The second-order valence-corrected chi connectivity index (χ2v) is 6.19. The molecule has 0 saturated heterocycles. The number of sulfonamides is 1. The zero-order valence-corrected chi connectivity index (χ0v) is 12.2. The lowest BCUT2D eigenvalue weighted by molar-refractivity contribution is 0.600. The van der Waals surface area contributed by atoms with Crippen LogP contribution in [0.3, 0.4) is 0 Å². The summed E-state index contributed by atoms with van der Waals surface area (Å²) in [6.07, 6.45) is 0. The first kappa shape index (κ1) is 13.6. The summed E-state index contributed by atoms with van der Waals surface area (Å²) in [5.74, 6) is 0. The zero-order chi connectivity index (χ0) is 14.2. The average Bonchev–Trinajstić information content (AvgIpc) is 2.56. The number of aryl methyl sites for hydroxylation is 3. The fraction of sp³-hybridized carbons (Fsp3) is 0.308. The van der Waals surface area contributed by atoms with Gasteiger partial charge in [0.05, 0.1) is 22.0 Å². The van der Waals surface area contributed by atoms with Crippen LogP contribution >= 0.6 is 0 Å². The van der Waals surface area contributed by atoms with Gasteiger partial charge in [0.15, 0.2) is 0 Å². The Morgan fingerprint density at radius 3 is 2.32 bits per heavy atom. The lowest BCUT2D eigenvalue weighted by atomic mass is 10.2. The van der Waals surface area contributed by atoms with E-state index in [2.05, 4.69) is 9.82 Å². The SMILES string of the molecule is Cc1ccccc1S(=O)(=O)Nc1c(C)nn(C)c1C. The van der Waals surface area contributed by atoms with Gasteiger partial charge < -0.3 is 0 Å². The molecule has 1 aromatic heterocycles. The maximum atomic E-state index is 12.4. The maximum absolute atomic E-state index is 12.4. The summed E-state index contributed by atoms with van der Waals surface area (Å²) in [5, 5.41) is 4.20. The Labute approximate surface area is 113 Å². The van der Waals surface area contributed by atoms with Crippen molar-refractivity contribution in [2.24, 2.45) is 7.05 Å². The molecule has 1 N–H and O–H groups in total. The van der Waals surface area contributed by atoms with E-state index < -0.39 is 10.0 Å². The number of hydrogen-bond donors (Lipinski definition) is 1. The van der Waals surface area contributed by atoms with E-state index in [1.165, 1.54) is 0 Å². The van der Waals surface area contributed by atoms with Gasteiger partial charge in [-0.2, -0.15) is 5.10 Å². The first-order valence-corrected chi connectivity index (χ1v) is 7.40. The van der Waals surface area contributed by atoms with Crippen molar-refractivity contribution in [1.82, 2.24) is 9.78 Å². The number of aromatic nitrogens is 2. The van der Waals surface area contributed by atoms with Gasteiger partial charge in [-0.15, -0.1) is 0 Å². The molecular formula is C13H17N3O2S. The van der Waals surface area contributed by atoms with E-state index in [4.69, 9.17) is 0 Å². The molecule has 6 heteroatoms. The monoisotopic (exact) mass is 279 g/mol. The van der Waals surface area contributed by atoms with Crippen LogP contribution in [0.25, 0.3) is 0 Å². The second kappa shape index (κ2) is 4.70. The van der Waals surface area contributed by atoms with Crippen molar-refractivity contribution in [2.75, 3.05) is 4.72 Å². The van der Waals surface area contributed by atoms with Crippen LogP contribution in [0, 0.1) is 20.8 Å². The molecule has 19 heavy (non-hydrogen) atoms. The maximum Gasteiger partial charge on any atom is 0.262 e. The molecule has 1 heterocycles. The van der Waals surface area contributed by atoms with Crippen LogP contribution in [0.15, 0.2) is 29.2 Å². The molecule has 0 spiro atoms. The highest BCUT2D eigenvalue weighted by molar-refractivity contribution is 7.92. The van der Waals surface area contributed by atoms with Crippen LogP contribution in [0.2, 0.25) is 0 Å².